The van der Waals surface area contributed by atoms with Crippen LogP contribution < -0.4 is 0 Å². The van der Waals surface area contributed by atoms with Crippen molar-refractivity contribution in [3.8, 4) is 0 Å². The summed E-state index contributed by atoms with van der Waals surface area (Å²) < 4.78 is 12.7. The minimum atomic E-state index is -0.627. The monoisotopic (exact) mass is 136 g/mol. The molecule has 0 aliphatic heterocycles. The molecule has 0 amide bonds. The third-order valence-corrected chi connectivity index (χ3v) is 2.00. The molecule has 0 spiro atoms. The second kappa shape index (κ2) is 2.08. The van der Waals surface area contributed by atoms with Crippen LogP contribution in [0.4, 0.5) is 4.39 Å². The molecule has 52 valence electrons. The number of hydrogen-bond acceptors (Lipinski definition) is 0. The van der Waals surface area contributed by atoms with Gasteiger partial charge in [0.1, 0.15) is 6.17 Å². The lowest BCUT2D eigenvalue weighted by Gasteiger charge is -1.92. The Morgan fingerprint density at radius 1 is 1.10 bits per heavy atom. The number of halogens is 1. The van der Waals surface area contributed by atoms with Gasteiger partial charge >= 0.3 is 0 Å². The Labute approximate surface area is 59.7 Å². The summed E-state index contributed by atoms with van der Waals surface area (Å²) in [5, 5.41) is 0. The van der Waals surface area contributed by atoms with Crippen molar-refractivity contribution in [2.45, 2.75) is 19.0 Å². The van der Waals surface area contributed by atoms with Gasteiger partial charge in [0.05, 0.1) is 0 Å². The Kier molecular flexibility index (Phi) is 1.23. The van der Waals surface area contributed by atoms with Gasteiger partial charge in [-0.2, -0.15) is 0 Å². The van der Waals surface area contributed by atoms with Crippen molar-refractivity contribution in [1.82, 2.24) is 0 Å². The molecule has 0 heterocycles. The molecule has 0 fully saturated rings. The van der Waals surface area contributed by atoms with Crippen LogP contribution >= 0.6 is 0 Å². The maximum absolute atomic E-state index is 12.7. The lowest BCUT2D eigenvalue weighted by Crippen LogP contribution is -1.95. The summed E-state index contributed by atoms with van der Waals surface area (Å²) in [6.45, 7) is 0. The quantitative estimate of drug-likeness (QED) is 0.512. The van der Waals surface area contributed by atoms with Crippen LogP contribution in [0.2, 0.25) is 0 Å². The normalized spacial score (nSPS) is 17.3. The Bertz CT molecular complexity index is 217. The number of rotatable bonds is 0. The van der Waals surface area contributed by atoms with Crippen LogP contribution in [0, 0.1) is 0 Å². The average Bonchev–Trinajstić information content (AvgIpc) is 2.27. The summed E-state index contributed by atoms with van der Waals surface area (Å²) in [6.07, 6.45) is 0.615. The lowest BCUT2D eigenvalue weighted by atomic mass is 10.1. The van der Waals surface area contributed by atoms with Crippen LogP contribution in [0.25, 0.3) is 0 Å². The molecular weight excluding hydrogens is 127 g/mol. The molecule has 1 aromatic rings. The molecule has 0 aromatic heterocycles. The molecule has 2 rings (SSSR count). The zero-order valence-corrected chi connectivity index (χ0v) is 5.68. The maximum atomic E-state index is 12.7. The maximum Gasteiger partial charge on any atom is 0.108 e. The Hall–Kier alpha value is -0.850. The first-order chi connectivity index (χ1) is 4.86. The van der Waals surface area contributed by atoms with Crippen molar-refractivity contribution in [3.63, 3.8) is 0 Å². The van der Waals surface area contributed by atoms with Crippen molar-refractivity contribution >= 4 is 0 Å². The van der Waals surface area contributed by atoms with Gasteiger partial charge in [-0.25, -0.2) is 4.39 Å². The van der Waals surface area contributed by atoms with Gasteiger partial charge in [0, 0.05) is 12.8 Å². The fourth-order valence-electron chi connectivity index (χ4n) is 1.51. The van der Waals surface area contributed by atoms with Crippen molar-refractivity contribution in [2.75, 3.05) is 0 Å². The molecule has 0 bridgehead atoms. The minimum absolute atomic E-state index is 0.621. The minimum Gasteiger partial charge on any atom is -0.247 e. The smallest absolute Gasteiger partial charge is 0.108 e. The summed E-state index contributed by atoms with van der Waals surface area (Å²) >= 11 is 0. The van der Waals surface area contributed by atoms with Crippen LogP contribution in [-0.2, 0) is 12.8 Å². The summed E-state index contributed by atoms with van der Waals surface area (Å²) in [5.41, 5.74) is 2.38. The Balaban J connectivity index is 2.42. The SMILES string of the molecule is FC1Cc2ccccc2C1. The molecule has 1 aliphatic rings. The van der Waals surface area contributed by atoms with E-state index >= 15 is 0 Å². The van der Waals surface area contributed by atoms with Crippen molar-refractivity contribution in [1.29, 1.82) is 0 Å². The zero-order valence-electron chi connectivity index (χ0n) is 5.68. The molecule has 1 aromatic carbocycles. The van der Waals surface area contributed by atoms with E-state index < -0.39 is 6.17 Å². The van der Waals surface area contributed by atoms with Crippen LogP contribution in [0.1, 0.15) is 11.1 Å². The lowest BCUT2D eigenvalue weighted by molar-refractivity contribution is 0.349. The van der Waals surface area contributed by atoms with Crippen LogP contribution in [0.3, 0.4) is 0 Å². The summed E-state index contributed by atoms with van der Waals surface area (Å²) in [7, 11) is 0. The van der Waals surface area contributed by atoms with E-state index in [1.807, 2.05) is 24.3 Å². The van der Waals surface area contributed by atoms with E-state index in [1.165, 1.54) is 11.1 Å². The van der Waals surface area contributed by atoms with E-state index in [9.17, 15) is 4.39 Å². The van der Waals surface area contributed by atoms with E-state index in [2.05, 4.69) is 0 Å². The fourth-order valence-corrected chi connectivity index (χ4v) is 1.51. The van der Waals surface area contributed by atoms with Gasteiger partial charge in [-0.05, 0) is 11.1 Å². The van der Waals surface area contributed by atoms with Gasteiger partial charge in [0.25, 0.3) is 0 Å². The molecule has 0 nitrogen and oxygen atoms in total. The average molecular weight is 136 g/mol. The highest BCUT2D eigenvalue weighted by molar-refractivity contribution is 5.32. The van der Waals surface area contributed by atoms with E-state index in [0.717, 1.165) is 0 Å². The molecular formula is C9H9F. The highest BCUT2D eigenvalue weighted by atomic mass is 19.1. The molecule has 0 atom stereocenters. The molecule has 10 heavy (non-hydrogen) atoms. The predicted molar refractivity (Wildman–Crippen MR) is 38.7 cm³/mol. The number of fused-ring (bicyclic) bond motifs is 1. The fraction of sp³-hybridized carbons (Fsp3) is 0.333. The molecule has 0 saturated heterocycles. The molecule has 1 aliphatic carbocycles. The zero-order chi connectivity index (χ0) is 6.97. The third kappa shape index (κ3) is 0.821. The first-order valence-electron chi connectivity index (χ1n) is 3.57. The molecule has 1 heteroatoms. The van der Waals surface area contributed by atoms with E-state index in [0.29, 0.717) is 12.8 Å². The molecule has 0 N–H and O–H groups in total. The van der Waals surface area contributed by atoms with Crippen LogP contribution in [-0.4, -0.2) is 6.17 Å². The van der Waals surface area contributed by atoms with Gasteiger partial charge in [-0.1, -0.05) is 24.3 Å². The highest BCUT2D eigenvalue weighted by Gasteiger charge is 2.19. The van der Waals surface area contributed by atoms with E-state index in [4.69, 9.17) is 0 Å². The van der Waals surface area contributed by atoms with E-state index in [1.54, 1.807) is 0 Å². The summed E-state index contributed by atoms with van der Waals surface area (Å²) in [4.78, 5) is 0. The second-order valence-electron chi connectivity index (χ2n) is 2.77. The standard InChI is InChI=1S/C9H9F/c10-9-5-7-3-1-2-4-8(7)6-9/h1-4,9H,5-6H2. The topological polar surface area (TPSA) is 0 Å². The van der Waals surface area contributed by atoms with E-state index in [-0.39, 0.29) is 0 Å². The van der Waals surface area contributed by atoms with Gasteiger partial charge in [-0.15, -0.1) is 0 Å². The van der Waals surface area contributed by atoms with Gasteiger partial charge in [0.15, 0.2) is 0 Å². The molecule has 0 saturated carbocycles. The van der Waals surface area contributed by atoms with Crippen LogP contribution in [0.15, 0.2) is 24.3 Å². The number of benzene rings is 1. The largest absolute Gasteiger partial charge is 0.247 e. The highest BCUT2D eigenvalue weighted by Crippen LogP contribution is 2.23. The first kappa shape index (κ1) is 5.90. The van der Waals surface area contributed by atoms with Gasteiger partial charge in [-0.3, -0.25) is 0 Å². The Morgan fingerprint density at radius 3 is 2.10 bits per heavy atom. The number of alkyl halides is 1. The van der Waals surface area contributed by atoms with Crippen molar-refractivity contribution in [2.24, 2.45) is 0 Å². The third-order valence-electron chi connectivity index (χ3n) is 2.00. The Morgan fingerprint density at radius 2 is 1.60 bits per heavy atom. The first-order valence-corrected chi connectivity index (χ1v) is 3.57. The second-order valence-corrected chi connectivity index (χ2v) is 2.77. The van der Waals surface area contributed by atoms with Gasteiger partial charge in [0.2, 0.25) is 0 Å². The number of hydrogen-bond donors (Lipinski definition) is 0. The van der Waals surface area contributed by atoms with Crippen molar-refractivity contribution < 1.29 is 4.39 Å². The van der Waals surface area contributed by atoms with Gasteiger partial charge < -0.3 is 0 Å². The summed E-state index contributed by atoms with van der Waals surface area (Å²) in [6, 6.07) is 7.96. The molecule has 0 radical (unpaired) electrons. The van der Waals surface area contributed by atoms with Crippen LogP contribution in [0.5, 0.6) is 0 Å². The molecule has 0 unspecified atom stereocenters. The van der Waals surface area contributed by atoms with Crippen molar-refractivity contribution in [3.05, 3.63) is 35.4 Å². The predicted octanol–water partition coefficient (Wildman–Crippen LogP) is 2.12. The summed E-state index contributed by atoms with van der Waals surface area (Å²) in [5.74, 6) is 0.